The number of carbonyl (C=O) groups excluding carboxylic acids is 1. The fourth-order valence-electron chi connectivity index (χ4n) is 4.60. The van der Waals surface area contributed by atoms with Gasteiger partial charge in [-0.3, -0.25) is 14.9 Å². The summed E-state index contributed by atoms with van der Waals surface area (Å²) >= 11 is 6.19. The summed E-state index contributed by atoms with van der Waals surface area (Å²) in [5.74, 6) is 6.49. The Morgan fingerprint density at radius 2 is 2.13 bits per heavy atom. The molecule has 2 aromatic carbocycles. The number of nitrogens with two attached hydrogens (primary N) is 1. The molecule has 1 atom stereocenters. The maximum absolute atomic E-state index is 13.0. The number of carbonyl (C=O) groups is 1. The van der Waals surface area contributed by atoms with E-state index in [1.165, 1.54) is 17.4 Å². The second-order valence-corrected chi connectivity index (χ2v) is 9.63. The summed E-state index contributed by atoms with van der Waals surface area (Å²) in [6.07, 6.45) is 11.8. The molecule has 2 aromatic heterocycles. The van der Waals surface area contributed by atoms with Gasteiger partial charge in [-0.15, -0.1) is 5.10 Å². The van der Waals surface area contributed by atoms with E-state index in [0.29, 0.717) is 22.1 Å². The fraction of sp³-hybridized carbons (Fsp3) is 0.222. The molecule has 0 saturated heterocycles. The first-order chi connectivity index (χ1) is 19.0. The number of hydrogen-bond donors (Lipinski definition) is 5. The van der Waals surface area contributed by atoms with Crippen LogP contribution in [0.1, 0.15) is 43.1 Å². The molecule has 0 spiro atoms. The van der Waals surface area contributed by atoms with Gasteiger partial charge in [-0.05, 0) is 49.2 Å². The molecule has 12 heteroatoms. The van der Waals surface area contributed by atoms with Crippen LogP contribution in [0.25, 0.3) is 28.2 Å². The predicted molar refractivity (Wildman–Crippen MR) is 157 cm³/mol. The van der Waals surface area contributed by atoms with Crippen LogP contribution in [0, 0.1) is 0 Å². The molecule has 6 N–H and O–H groups in total. The van der Waals surface area contributed by atoms with E-state index >= 15 is 0 Å². The van der Waals surface area contributed by atoms with Crippen LogP contribution >= 0.6 is 11.6 Å². The lowest BCUT2D eigenvalue weighted by Crippen LogP contribution is -2.29. The monoisotopic (exact) mass is 544 g/mol. The van der Waals surface area contributed by atoms with Crippen LogP contribution in [0.4, 0.5) is 11.4 Å². The Morgan fingerprint density at radius 1 is 1.23 bits per heavy atom. The Kier molecular flexibility index (Phi) is 7.99. The average Bonchev–Trinajstić information content (AvgIpc) is 3.60. The van der Waals surface area contributed by atoms with Crippen LogP contribution in [0.2, 0.25) is 5.02 Å². The Morgan fingerprint density at radius 3 is 3.00 bits per heavy atom. The minimum absolute atomic E-state index is 0.261. The Balaban J connectivity index is 1.38. The highest BCUT2D eigenvalue weighted by molar-refractivity contribution is 6.30. The standard InChI is InChI=1S/C27H29ClN10O/c1-30-34-16-38(29)25-8-7-19(28)11-17(25)6-9-26(39)35-21-5-3-2-4-10-31-23-13-22-18(14-33-37-22)12-20(23)24-15-32-27(21)36-24/h6-9,11-16,21,31H,1-5,10,29H2,(H,32,36)(H,33,37)(H,35,39)/b9-6+,34-16-/t21-/m0/s1. The van der Waals surface area contributed by atoms with Crippen molar-refractivity contribution in [3.05, 3.63) is 65.2 Å². The van der Waals surface area contributed by atoms with E-state index < -0.39 is 0 Å². The van der Waals surface area contributed by atoms with Crippen molar-refractivity contribution in [2.24, 2.45) is 16.0 Å². The summed E-state index contributed by atoms with van der Waals surface area (Å²) in [7, 11) is 0. The average molecular weight is 545 g/mol. The number of H-pyrrole nitrogens is 2. The van der Waals surface area contributed by atoms with Crippen molar-refractivity contribution in [3.8, 4) is 11.3 Å². The lowest BCUT2D eigenvalue weighted by Gasteiger charge is -2.18. The van der Waals surface area contributed by atoms with Gasteiger partial charge in [0.2, 0.25) is 5.91 Å². The maximum atomic E-state index is 13.0. The van der Waals surface area contributed by atoms with Gasteiger partial charge in [0.25, 0.3) is 0 Å². The first kappa shape index (κ1) is 26.1. The number of nitrogens with one attached hydrogen (secondary N) is 4. The summed E-state index contributed by atoms with van der Waals surface area (Å²) < 4.78 is 0. The molecular weight excluding hydrogens is 516 g/mol. The number of hydrazine groups is 1. The van der Waals surface area contributed by atoms with Crippen molar-refractivity contribution in [3.63, 3.8) is 0 Å². The number of benzene rings is 2. The van der Waals surface area contributed by atoms with Crippen molar-refractivity contribution in [1.82, 2.24) is 25.5 Å². The van der Waals surface area contributed by atoms with Crippen molar-refractivity contribution in [2.75, 3.05) is 16.9 Å². The molecule has 0 fully saturated rings. The van der Waals surface area contributed by atoms with E-state index in [0.717, 1.165) is 60.1 Å². The molecule has 5 rings (SSSR count). The Bertz CT molecular complexity index is 1540. The minimum atomic E-state index is -0.278. The zero-order valence-corrected chi connectivity index (χ0v) is 21.9. The number of fused-ring (bicyclic) bond motifs is 5. The molecule has 0 radical (unpaired) electrons. The normalized spacial score (nSPS) is 15.9. The molecule has 0 saturated carbocycles. The van der Waals surface area contributed by atoms with E-state index in [2.05, 4.69) is 59.9 Å². The molecule has 1 aliphatic heterocycles. The van der Waals surface area contributed by atoms with Crippen LogP contribution < -0.4 is 21.5 Å². The second-order valence-electron chi connectivity index (χ2n) is 9.19. The molecule has 200 valence electrons. The van der Waals surface area contributed by atoms with E-state index in [9.17, 15) is 4.79 Å². The number of imidazole rings is 1. The van der Waals surface area contributed by atoms with E-state index in [1.54, 1.807) is 30.5 Å². The fourth-order valence-corrected chi connectivity index (χ4v) is 4.78. The highest BCUT2D eigenvalue weighted by Gasteiger charge is 2.19. The Labute approximate surface area is 230 Å². The first-order valence-corrected chi connectivity index (χ1v) is 13.0. The molecular formula is C27H29ClN10O. The van der Waals surface area contributed by atoms with Crippen molar-refractivity contribution in [2.45, 2.75) is 31.7 Å². The summed E-state index contributed by atoms with van der Waals surface area (Å²) in [6, 6.07) is 9.02. The van der Waals surface area contributed by atoms with E-state index in [1.807, 2.05) is 6.20 Å². The molecule has 1 aliphatic rings. The number of rotatable bonds is 6. The molecule has 4 aromatic rings. The Hall–Kier alpha value is -4.48. The highest BCUT2D eigenvalue weighted by atomic mass is 35.5. The number of anilines is 2. The van der Waals surface area contributed by atoms with Gasteiger partial charge in [0.15, 0.2) is 0 Å². The maximum Gasteiger partial charge on any atom is 0.244 e. The topological polar surface area (TPSA) is 152 Å². The van der Waals surface area contributed by atoms with Gasteiger partial charge in [-0.25, -0.2) is 10.8 Å². The van der Waals surface area contributed by atoms with Crippen molar-refractivity contribution >= 4 is 58.9 Å². The molecule has 0 aliphatic carbocycles. The summed E-state index contributed by atoms with van der Waals surface area (Å²) in [4.78, 5) is 21.1. The highest BCUT2D eigenvalue weighted by Crippen LogP contribution is 2.32. The molecule has 3 heterocycles. The van der Waals surface area contributed by atoms with E-state index in [4.69, 9.17) is 17.4 Å². The van der Waals surface area contributed by atoms with Gasteiger partial charge in [-0.1, -0.05) is 24.4 Å². The lowest BCUT2D eigenvalue weighted by molar-refractivity contribution is -0.117. The van der Waals surface area contributed by atoms with Crippen LogP contribution in [-0.2, 0) is 4.79 Å². The van der Waals surface area contributed by atoms with Gasteiger partial charge < -0.3 is 15.6 Å². The van der Waals surface area contributed by atoms with Crippen LogP contribution in [0.3, 0.4) is 0 Å². The van der Waals surface area contributed by atoms with Gasteiger partial charge >= 0.3 is 0 Å². The molecule has 11 nitrogen and oxygen atoms in total. The smallest absolute Gasteiger partial charge is 0.244 e. The zero-order chi connectivity index (χ0) is 27.2. The number of aromatic amines is 2. The first-order valence-electron chi connectivity index (χ1n) is 12.6. The molecule has 1 amide bonds. The zero-order valence-electron chi connectivity index (χ0n) is 21.2. The van der Waals surface area contributed by atoms with Crippen LogP contribution in [0.15, 0.2) is 59.0 Å². The van der Waals surface area contributed by atoms with Crippen LogP contribution in [0.5, 0.6) is 0 Å². The SMILES string of the molecule is C=N/N=C\N(N)c1ccc(Cl)cc1/C=C/C(=O)N[C@H]1CCCCCNc2cc3[nH]ncc3cc2-c2cnc1[nH]2. The number of hydrogen-bond acceptors (Lipinski definition) is 7. The molecule has 2 bridgehead atoms. The largest absolute Gasteiger partial charge is 0.384 e. The van der Waals surface area contributed by atoms with Crippen LogP contribution in [-0.4, -0.2) is 45.7 Å². The summed E-state index contributed by atoms with van der Waals surface area (Å²) in [6.45, 7) is 4.15. The number of aromatic nitrogens is 4. The van der Waals surface area contributed by atoms with Gasteiger partial charge in [-0.2, -0.15) is 10.2 Å². The number of halogens is 1. The third kappa shape index (κ3) is 6.16. The second kappa shape index (κ2) is 11.9. The minimum Gasteiger partial charge on any atom is -0.384 e. The van der Waals surface area contributed by atoms with Gasteiger partial charge in [0.1, 0.15) is 12.2 Å². The predicted octanol–water partition coefficient (Wildman–Crippen LogP) is 4.79. The van der Waals surface area contributed by atoms with E-state index in [-0.39, 0.29) is 11.9 Å². The van der Waals surface area contributed by atoms with Crippen molar-refractivity contribution in [1.29, 1.82) is 0 Å². The lowest BCUT2D eigenvalue weighted by atomic mass is 10.1. The van der Waals surface area contributed by atoms with Gasteiger partial charge in [0.05, 0.1) is 35.3 Å². The third-order valence-corrected chi connectivity index (χ3v) is 6.77. The number of nitrogens with zero attached hydrogens (tertiary/aromatic N) is 5. The summed E-state index contributed by atoms with van der Waals surface area (Å²) in [5.41, 5.74) is 5.08. The molecule has 0 unspecified atom stereocenters. The van der Waals surface area contributed by atoms with Crippen molar-refractivity contribution < 1.29 is 4.79 Å². The number of amides is 1. The summed E-state index contributed by atoms with van der Waals surface area (Å²) in [5, 5.41) is 23.8. The molecule has 39 heavy (non-hydrogen) atoms. The van der Waals surface area contributed by atoms with Gasteiger partial charge in [0, 0.05) is 46.6 Å². The third-order valence-electron chi connectivity index (χ3n) is 6.54. The quantitative estimate of drug-likeness (QED) is 0.0773.